The lowest BCUT2D eigenvalue weighted by atomic mass is 10.1. The first-order valence-corrected chi connectivity index (χ1v) is 7.94. The second-order valence-electron chi connectivity index (χ2n) is 5.66. The van der Waals surface area contributed by atoms with Crippen LogP contribution >= 0.6 is 0 Å². The van der Waals surface area contributed by atoms with Crippen LogP contribution in [0.4, 0.5) is 23.2 Å². The van der Waals surface area contributed by atoms with Gasteiger partial charge in [-0.2, -0.15) is 17.6 Å². The van der Waals surface area contributed by atoms with Crippen LogP contribution in [0.3, 0.4) is 0 Å². The Morgan fingerprint density at radius 1 is 0.966 bits per heavy atom. The molecule has 0 aliphatic carbocycles. The monoisotopic (exact) mass is 415 g/mol. The van der Waals surface area contributed by atoms with Crippen molar-refractivity contribution in [1.29, 1.82) is 0 Å². The Hall–Kier alpha value is -3.50. The SMILES string of the molecule is COC(=O)C1=C(C(=O)OC)N(c2cccc3c2OC(F)(F)C(F)(F)O3)C=CC=C1. The minimum Gasteiger partial charge on any atom is -0.465 e. The number of nitrogens with zero attached hydrogens (tertiary/aromatic N) is 1. The Balaban J connectivity index is 2.22. The van der Waals surface area contributed by atoms with Crippen LogP contribution in [0.2, 0.25) is 0 Å². The molecular weight excluding hydrogens is 402 g/mol. The predicted molar refractivity (Wildman–Crippen MR) is 89.4 cm³/mol. The molecule has 3 rings (SSSR count). The topological polar surface area (TPSA) is 74.3 Å². The summed E-state index contributed by atoms with van der Waals surface area (Å²) in [4.78, 5) is 25.5. The molecule has 2 heterocycles. The highest BCUT2D eigenvalue weighted by Crippen LogP contribution is 2.51. The van der Waals surface area contributed by atoms with Gasteiger partial charge in [0.1, 0.15) is 5.70 Å². The molecule has 0 radical (unpaired) electrons. The van der Waals surface area contributed by atoms with E-state index in [1.165, 1.54) is 36.6 Å². The summed E-state index contributed by atoms with van der Waals surface area (Å²) < 4.78 is 72.2. The fourth-order valence-electron chi connectivity index (χ4n) is 2.61. The van der Waals surface area contributed by atoms with E-state index >= 15 is 0 Å². The largest absolute Gasteiger partial charge is 0.507 e. The maximum Gasteiger partial charge on any atom is 0.507 e. The van der Waals surface area contributed by atoms with E-state index in [1.807, 2.05) is 0 Å². The van der Waals surface area contributed by atoms with Crippen molar-refractivity contribution in [2.24, 2.45) is 0 Å². The predicted octanol–water partition coefficient (Wildman–Crippen LogP) is 3.13. The van der Waals surface area contributed by atoms with Crippen molar-refractivity contribution in [3.8, 4) is 11.5 Å². The third-order valence-electron chi connectivity index (χ3n) is 3.91. The van der Waals surface area contributed by atoms with Gasteiger partial charge in [-0.15, -0.1) is 0 Å². The maximum atomic E-state index is 13.7. The molecule has 0 N–H and O–H groups in total. The van der Waals surface area contributed by atoms with E-state index in [0.717, 1.165) is 25.2 Å². The van der Waals surface area contributed by atoms with Gasteiger partial charge in [0.25, 0.3) is 0 Å². The second-order valence-corrected chi connectivity index (χ2v) is 5.66. The van der Waals surface area contributed by atoms with Gasteiger partial charge in [0, 0.05) is 6.20 Å². The Morgan fingerprint density at radius 3 is 2.28 bits per heavy atom. The Labute approximate surface area is 161 Å². The number of methoxy groups -OCH3 is 2. The second kappa shape index (κ2) is 7.15. The third kappa shape index (κ3) is 3.39. The van der Waals surface area contributed by atoms with Gasteiger partial charge in [-0.3, -0.25) is 0 Å². The summed E-state index contributed by atoms with van der Waals surface area (Å²) in [5.41, 5.74) is -0.961. The molecule has 7 nitrogen and oxygen atoms in total. The van der Waals surface area contributed by atoms with Crippen molar-refractivity contribution in [3.63, 3.8) is 0 Å². The fourth-order valence-corrected chi connectivity index (χ4v) is 2.61. The van der Waals surface area contributed by atoms with Crippen LogP contribution in [0.15, 0.2) is 53.9 Å². The van der Waals surface area contributed by atoms with E-state index in [1.54, 1.807) is 0 Å². The molecule has 154 valence electrons. The summed E-state index contributed by atoms with van der Waals surface area (Å²) in [5, 5.41) is 0. The van der Waals surface area contributed by atoms with E-state index in [2.05, 4.69) is 18.9 Å². The number of esters is 2. The molecule has 11 heteroatoms. The summed E-state index contributed by atoms with van der Waals surface area (Å²) in [7, 11) is 2.11. The lowest BCUT2D eigenvalue weighted by Gasteiger charge is -2.34. The number of hydrogen-bond donors (Lipinski definition) is 0. The number of carbonyl (C=O) groups is 2. The van der Waals surface area contributed by atoms with E-state index in [0.29, 0.717) is 0 Å². The fraction of sp³-hybridized carbons (Fsp3) is 0.222. The standard InChI is InChI=1S/C18H13F4NO6/c1-26-15(24)10-6-3-4-9-23(13(10)16(25)27-2)11-7-5-8-12-14(11)29-18(21,22)17(19,20)28-12/h3-9H,1-2H3. The smallest absolute Gasteiger partial charge is 0.465 e. The van der Waals surface area contributed by atoms with Gasteiger partial charge in [0.2, 0.25) is 0 Å². The Morgan fingerprint density at radius 2 is 1.62 bits per heavy atom. The molecule has 1 aromatic carbocycles. The van der Waals surface area contributed by atoms with E-state index in [4.69, 9.17) is 0 Å². The summed E-state index contributed by atoms with van der Waals surface area (Å²) >= 11 is 0. The minimum atomic E-state index is -4.98. The van der Waals surface area contributed by atoms with Crippen LogP contribution < -0.4 is 14.4 Å². The summed E-state index contributed by atoms with van der Waals surface area (Å²) in [6, 6.07) is 3.41. The Bertz CT molecular complexity index is 954. The molecule has 0 saturated carbocycles. The molecule has 0 unspecified atom stereocenters. The number of allylic oxidation sites excluding steroid dienone is 2. The van der Waals surface area contributed by atoms with Crippen molar-refractivity contribution < 1.29 is 46.1 Å². The van der Waals surface area contributed by atoms with Gasteiger partial charge < -0.3 is 23.8 Å². The van der Waals surface area contributed by atoms with Crippen LogP contribution in [0.5, 0.6) is 11.5 Å². The number of alkyl halides is 4. The lowest BCUT2D eigenvalue weighted by Crippen LogP contribution is -2.52. The molecule has 0 amide bonds. The number of hydrogen-bond acceptors (Lipinski definition) is 7. The van der Waals surface area contributed by atoms with Gasteiger partial charge in [-0.05, 0) is 24.3 Å². The van der Waals surface area contributed by atoms with Gasteiger partial charge in [-0.25, -0.2) is 9.59 Å². The van der Waals surface area contributed by atoms with E-state index in [9.17, 15) is 27.2 Å². The van der Waals surface area contributed by atoms with Crippen LogP contribution in [-0.2, 0) is 19.1 Å². The average Bonchev–Trinajstić information content (AvgIpc) is 2.89. The molecule has 0 aromatic heterocycles. The summed E-state index contributed by atoms with van der Waals surface area (Å²) in [6.07, 6.45) is -4.68. The molecule has 0 spiro atoms. The van der Waals surface area contributed by atoms with Crippen LogP contribution in [0, 0.1) is 0 Å². The highest BCUT2D eigenvalue weighted by atomic mass is 19.3. The summed E-state index contributed by atoms with van der Waals surface area (Å²) in [5.74, 6) is -3.39. The summed E-state index contributed by atoms with van der Waals surface area (Å²) in [6.45, 7) is 0. The van der Waals surface area contributed by atoms with Crippen LogP contribution in [-0.4, -0.2) is 38.4 Å². The van der Waals surface area contributed by atoms with Crippen molar-refractivity contribution in [1.82, 2.24) is 0 Å². The zero-order valence-corrected chi connectivity index (χ0v) is 15.0. The number of rotatable bonds is 3. The maximum absolute atomic E-state index is 13.7. The highest BCUT2D eigenvalue weighted by molar-refractivity contribution is 6.05. The Kier molecular flexibility index (Phi) is 4.99. The van der Waals surface area contributed by atoms with Gasteiger partial charge in [0.15, 0.2) is 11.5 Å². The third-order valence-corrected chi connectivity index (χ3v) is 3.91. The molecule has 0 atom stereocenters. The van der Waals surface area contributed by atoms with Gasteiger partial charge >= 0.3 is 24.2 Å². The molecule has 0 bridgehead atoms. The molecule has 29 heavy (non-hydrogen) atoms. The number of halogens is 4. The quantitative estimate of drug-likeness (QED) is 0.555. The van der Waals surface area contributed by atoms with Crippen molar-refractivity contribution in [2.75, 3.05) is 19.1 Å². The lowest BCUT2D eigenvalue weighted by molar-refractivity contribution is -0.391. The van der Waals surface area contributed by atoms with Crippen molar-refractivity contribution >= 4 is 17.6 Å². The highest BCUT2D eigenvalue weighted by Gasteiger charge is 2.66. The normalized spacial score (nSPS) is 18.9. The molecular formula is C18H13F4NO6. The zero-order valence-electron chi connectivity index (χ0n) is 15.0. The molecule has 0 saturated heterocycles. The number of anilines is 1. The molecule has 2 aliphatic rings. The van der Waals surface area contributed by atoms with E-state index < -0.39 is 41.4 Å². The number of ether oxygens (including phenoxy) is 4. The number of fused-ring (bicyclic) bond motifs is 1. The van der Waals surface area contributed by atoms with Crippen LogP contribution in [0.25, 0.3) is 0 Å². The zero-order chi connectivity index (χ0) is 21.4. The average molecular weight is 415 g/mol. The van der Waals surface area contributed by atoms with Gasteiger partial charge in [0.05, 0.1) is 25.5 Å². The first-order chi connectivity index (χ1) is 13.6. The number of carbonyl (C=O) groups excluding carboxylic acids is 2. The molecule has 0 fully saturated rings. The minimum absolute atomic E-state index is 0.268. The van der Waals surface area contributed by atoms with Crippen LogP contribution in [0.1, 0.15) is 0 Å². The van der Waals surface area contributed by atoms with E-state index in [-0.39, 0.29) is 11.3 Å². The first-order valence-electron chi connectivity index (χ1n) is 7.94. The van der Waals surface area contributed by atoms with Crippen molar-refractivity contribution in [3.05, 3.63) is 53.9 Å². The molecule has 2 aliphatic heterocycles. The van der Waals surface area contributed by atoms with Crippen molar-refractivity contribution in [2.45, 2.75) is 12.2 Å². The number of para-hydroxylation sites is 1. The van der Waals surface area contributed by atoms with Gasteiger partial charge in [-0.1, -0.05) is 12.1 Å². The first kappa shape index (κ1) is 20.2. The number of benzene rings is 1. The molecule has 1 aromatic rings.